The van der Waals surface area contributed by atoms with Gasteiger partial charge in [0.05, 0.1) is 0 Å². The normalized spacial score (nSPS) is 23.1. The molecule has 0 aliphatic heterocycles. The smallest absolute Gasteiger partial charge is 0.0133 e. The van der Waals surface area contributed by atoms with Crippen LogP contribution in [0.1, 0.15) is 81.9 Å². The number of hydrogen-bond donors (Lipinski definition) is 0. The number of aryl methyl sites for hydroxylation is 1. The second kappa shape index (κ2) is 6.61. The fourth-order valence-electron chi connectivity index (χ4n) is 3.63. The Labute approximate surface area is 125 Å². The molecule has 0 fully saturated rings. The molecule has 0 nitrogen and oxygen atoms in total. The third-order valence-corrected chi connectivity index (χ3v) is 4.94. The number of allylic oxidation sites excluding steroid dienone is 2. The first-order chi connectivity index (χ1) is 9.49. The van der Waals surface area contributed by atoms with E-state index in [2.05, 4.69) is 58.9 Å². The Morgan fingerprint density at radius 3 is 2.70 bits per heavy atom. The second-order valence-electron chi connectivity index (χ2n) is 7.05. The molecule has 0 heteroatoms. The monoisotopic (exact) mass is 270 g/mol. The lowest BCUT2D eigenvalue weighted by molar-refractivity contribution is 0.370. The summed E-state index contributed by atoms with van der Waals surface area (Å²) in [5, 5.41) is 0. The lowest BCUT2D eigenvalue weighted by Gasteiger charge is -2.34. The van der Waals surface area contributed by atoms with E-state index in [1.807, 2.05) is 0 Å². The fourth-order valence-corrected chi connectivity index (χ4v) is 3.63. The van der Waals surface area contributed by atoms with Gasteiger partial charge in [0.25, 0.3) is 0 Å². The highest BCUT2D eigenvalue weighted by atomic mass is 14.3. The first-order valence-electron chi connectivity index (χ1n) is 8.23. The van der Waals surface area contributed by atoms with Crippen molar-refractivity contribution >= 4 is 0 Å². The lowest BCUT2D eigenvalue weighted by Crippen LogP contribution is -2.18. The van der Waals surface area contributed by atoms with Crippen molar-refractivity contribution in [2.24, 2.45) is 5.92 Å². The van der Waals surface area contributed by atoms with E-state index in [0.717, 1.165) is 17.8 Å². The summed E-state index contributed by atoms with van der Waals surface area (Å²) in [6, 6.07) is 7.11. The van der Waals surface area contributed by atoms with Gasteiger partial charge in [0, 0.05) is 0 Å². The van der Waals surface area contributed by atoms with Gasteiger partial charge in [-0.25, -0.2) is 0 Å². The average Bonchev–Trinajstić information content (AvgIpc) is 2.38. The summed E-state index contributed by atoms with van der Waals surface area (Å²) in [6.45, 7) is 11.5. The average molecular weight is 270 g/mol. The SMILES string of the molecule is CC(C)=CCCC(C)[C@H]1CC[C@H](C)c2ccc(C)cc21. The van der Waals surface area contributed by atoms with Gasteiger partial charge in [-0.05, 0) is 75.3 Å². The van der Waals surface area contributed by atoms with Gasteiger partial charge in [0.2, 0.25) is 0 Å². The molecule has 1 aromatic carbocycles. The Morgan fingerprint density at radius 2 is 2.00 bits per heavy atom. The van der Waals surface area contributed by atoms with Gasteiger partial charge >= 0.3 is 0 Å². The number of rotatable bonds is 4. The Hall–Kier alpha value is -1.04. The molecule has 1 aliphatic rings. The van der Waals surface area contributed by atoms with Crippen LogP contribution in [0.2, 0.25) is 0 Å². The van der Waals surface area contributed by atoms with Crippen LogP contribution in [0.5, 0.6) is 0 Å². The van der Waals surface area contributed by atoms with Crippen molar-refractivity contribution in [3.05, 3.63) is 46.5 Å². The van der Waals surface area contributed by atoms with Crippen LogP contribution in [0.3, 0.4) is 0 Å². The van der Waals surface area contributed by atoms with Crippen LogP contribution in [-0.4, -0.2) is 0 Å². The zero-order chi connectivity index (χ0) is 14.7. The van der Waals surface area contributed by atoms with Gasteiger partial charge in [0.15, 0.2) is 0 Å². The summed E-state index contributed by atoms with van der Waals surface area (Å²) < 4.78 is 0. The maximum atomic E-state index is 2.45. The Bertz CT molecular complexity index is 477. The molecule has 0 heterocycles. The zero-order valence-electron chi connectivity index (χ0n) is 13.9. The van der Waals surface area contributed by atoms with Crippen molar-refractivity contribution in [3.8, 4) is 0 Å². The maximum absolute atomic E-state index is 2.45. The minimum absolute atomic E-state index is 0.742. The number of hydrogen-bond acceptors (Lipinski definition) is 0. The van der Waals surface area contributed by atoms with Crippen LogP contribution >= 0.6 is 0 Å². The number of benzene rings is 1. The van der Waals surface area contributed by atoms with E-state index < -0.39 is 0 Å². The summed E-state index contributed by atoms with van der Waals surface area (Å²) >= 11 is 0. The highest BCUT2D eigenvalue weighted by Crippen LogP contribution is 2.43. The third-order valence-electron chi connectivity index (χ3n) is 4.94. The van der Waals surface area contributed by atoms with Crippen molar-refractivity contribution in [2.75, 3.05) is 0 Å². The molecule has 20 heavy (non-hydrogen) atoms. The second-order valence-corrected chi connectivity index (χ2v) is 7.05. The van der Waals surface area contributed by atoms with Crippen LogP contribution in [0.15, 0.2) is 29.8 Å². The summed E-state index contributed by atoms with van der Waals surface area (Å²) in [5.41, 5.74) is 6.12. The van der Waals surface area contributed by atoms with E-state index >= 15 is 0 Å². The van der Waals surface area contributed by atoms with E-state index in [1.165, 1.54) is 36.8 Å². The van der Waals surface area contributed by atoms with Crippen molar-refractivity contribution in [2.45, 2.75) is 72.1 Å². The first-order valence-corrected chi connectivity index (χ1v) is 8.23. The van der Waals surface area contributed by atoms with Gasteiger partial charge in [-0.2, -0.15) is 0 Å². The van der Waals surface area contributed by atoms with E-state index in [4.69, 9.17) is 0 Å². The standard InChI is InChI=1S/C20H30/c1-14(2)7-6-8-16(4)19-12-10-17(5)18-11-9-15(3)13-20(18)19/h7,9,11,13,16-17,19H,6,8,10,12H2,1-5H3/t16?,17-,19+/m0/s1. The van der Waals surface area contributed by atoms with Crippen LogP contribution in [0.4, 0.5) is 0 Å². The predicted octanol–water partition coefficient (Wildman–Crippen LogP) is 6.36. The summed E-state index contributed by atoms with van der Waals surface area (Å²) in [7, 11) is 0. The molecule has 0 saturated carbocycles. The van der Waals surface area contributed by atoms with Crippen molar-refractivity contribution < 1.29 is 0 Å². The van der Waals surface area contributed by atoms with Crippen molar-refractivity contribution in [3.63, 3.8) is 0 Å². The Morgan fingerprint density at radius 1 is 1.25 bits per heavy atom. The van der Waals surface area contributed by atoms with Crippen LogP contribution in [-0.2, 0) is 0 Å². The molecule has 0 spiro atoms. The van der Waals surface area contributed by atoms with Crippen molar-refractivity contribution in [1.82, 2.24) is 0 Å². The quantitative estimate of drug-likeness (QED) is 0.558. The summed E-state index contributed by atoms with van der Waals surface area (Å²) in [4.78, 5) is 0. The molecular formula is C20H30. The van der Waals surface area contributed by atoms with Crippen molar-refractivity contribution in [1.29, 1.82) is 0 Å². The van der Waals surface area contributed by atoms with E-state index in [1.54, 1.807) is 11.1 Å². The maximum Gasteiger partial charge on any atom is -0.0133 e. The molecule has 0 N–H and O–H groups in total. The molecule has 1 unspecified atom stereocenters. The summed E-state index contributed by atoms with van der Waals surface area (Å²) in [5.74, 6) is 2.30. The topological polar surface area (TPSA) is 0 Å². The molecule has 0 radical (unpaired) electrons. The molecule has 0 aromatic heterocycles. The molecule has 110 valence electrons. The highest BCUT2D eigenvalue weighted by molar-refractivity contribution is 5.38. The van der Waals surface area contributed by atoms with Gasteiger partial charge in [-0.15, -0.1) is 0 Å². The van der Waals surface area contributed by atoms with Crippen LogP contribution in [0.25, 0.3) is 0 Å². The highest BCUT2D eigenvalue weighted by Gasteiger charge is 2.28. The third kappa shape index (κ3) is 3.53. The van der Waals surface area contributed by atoms with Gasteiger partial charge in [-0.1, -0.05) is 49.3 Å². The fraction of sp³-hybridized carbons (Fsp3) is 0.600. The predicted molar refractivity (Wildman–Crippen MR) is 89.4 cm³/mol. The van der Waals surface area contributed by atoms with Crippen LogP contribution in [0, 0.1) is 12.8 Å². The minimum Gasteiger partial charge on any atom is -0.0859 e. The van der Waals surface area contributed by atoms with Gasteiger partial charge in [-0.3, -0.25) is 0 Å². The van der Waals surface area contributed by atoms with Crippen LogP contribution < -0.4 is 0 Å². The van der Waals surface area contributed by atoms with E-state index in [-0.39, 0.29) is 0 Å². The van der Waals surface area contributed by atoms with E-state index in [9.17, 15) is 0 Å². The zero-order valence-corrected chi connectivity index (χ0v) is 13.9. The van der Waals surface area contributed by atoms with Gasteiger partial charge in [0.1, 0.15) is 0 Å². The molecule has 0 amide bonds. The summed E-state index contributed by atoms with van der Waals surface area (Å²) in [6.07, 6.45) is 7.66. The Balaban J connectivity index is 2.15. The largest absolute Gasteiger partial charge is 0.0859 e. The molecule has 1 aromatic rings. The molecule has 3 atom stereocenters. The molecule has 2 rings (SSSR count). The first kappa shape index (κ1) is 15.4. The van der Waals surface area contributed by atoms with Gasteiger partial charge < -0.3 is 0 Å². The lowest BCUT2D eigenvalue weighted by atomic mass is 9.71. The Kier molecular flexibility index (Phi) is 5.07. The minimum atomic E-state index is 0.742. The van der Waals surface area contributed by atoms with E-state index in [0.29, 0.717) is 0 Å². The molecule has 1 aliphatic carbocycles. The molecular weight excluding hydrogens is 240 g/mol. The number of fused-ring (bicyclic) bond motifs is 1. The molecule has 0 bridgehead atoms. The molecule has 0 saturated heterocycles.